The summed E-state index contributed by atoms with van der Waals surface area (Å²) in [6.45, 7) is 2.61. The van der Waals surface area contributed by atoms with E-state index in [0.29, 0.717) is 36.1 Å². The van der Waals surface area contributed by atoms with Crippen molar-refractivity contribution >= 4 is 34.8 Å². The smallest absolute Gasteiger partial charge is 0.416 e. The summed E-state index contributed by atoms with van der Waals surface area (Å²) in [6, 6.07) is 20.4. The topological polar surface area (TPSA) is 91.4 Å². The van der Waals surface area contributed by atoms with Crippen molar-refractivity contribution in [3.8, 4) is 17.2 Å². The van der Waals surface area contributed by atoms with Gasteiger partial charge in [-0.1, -0.05) is 23.7 Å². The quantitative estimate of drug-likeness (QED) is 0.275. The zero-order chi connectivity index (χ0) is 27.5. The molecule has 4 aromatic rings. The SMILES string of the molecule is COc1ccc(OC(=O)N2CCc3c([nH]c4ccc(Cl)cc34)C2c2ccc(OCCCN3N=CCN3)cc2)cc1. The van der Waals surface area contributed by atoms with Crippen LogP contribution >= 0.6 is 11.6 Å². The third-order valence-electron chi connectivity index (χ3n) is 7.15. The van der Waals surface area contributed by atoms with Crippen molar-refractivity contribution in [1.82, 2.24) is 20.4 Å². The third kappa shape index (κ3) is 5.43. The Hall–Kier alpha value is -4.21. The zero-order valence-corrected chi connectivity index (χ0v) is 22.9. The predicted molar refractivity (Wildman–Crippen MR) is 154 cm³/mol. The molecule has 0 radical (unpaired) electrons. The first-order valence-corrected chi connectivity index (χ1v) is 13.7. The molecule has 0 fully saturated rings. The van der Waals surface area contributed by atoms with Gasteiger partial charge in [0, 0.05) is 40.8 Å². The number of fused-ring (bicyclic) bond motifs is 3. The molecule has 0 saturated heterocycles. The Morgan fingerprint density at radius 2 is 1.82 bits per heavy atom. The maximum atomic E-state index is 13.5. The van der Waals surface area contributed by atoms with E-state index in [1.54, 1.807) is 36.3 Å². The number of carbonyl (C=O) groups is 1. The number of H-pyrrole nitrogens is 1. The number of benzene rings is 3. The number of halogens is 1. The predicted octanol–water partition coefficient (Wildman–Crippen LogP) is 5.55. The van der Waals surface area contributed by atoms with Gasteiger partial charge >= 0.3 is 6.09 Å². The molecule has 0 spiro atoms. The maximum Gasteiger partial charge on any atom is 0.416 e. The molecule has 10 heteroatoms. The van der Waals surface area contributed by atoms with Crippen molar-refractivity contribution < 1.29 is 19.0 Å². The van der Waals surface area contributed by atoms with Gasteiger partial charge in [-0.3, -0.25) is 4.90 Å². The summed E-state index contributed by atoms with van der Waals surface area (Å²) < 4.78 is 17.0. The molecule has 1 amide bonds. The number of nitrogens with zero attached hydrogens (tertiary/aromatic N) is 3. The van der Waals surface area contributed by atoms with Gasteiger partial charge in [0.15, 0.2) is 0 Å². The molecule has 3 aromatic carbocycles. The van der Waals surface area contributed by atoms with Crippen molar-refractivity contribution in [2.24, 2.45) is 5.10 Å². The number of hydrazone groups is 1. The molecule has 206 valence electrons. The van der Waals surface area contributed by atoms with Crippen molar-refractivity contribution in [3.05, 3.63) is 88.6 Å². The first-order chi connectivity index (χ1) is 19.6. The summed E-state index contributed by atoms with van der Waals surface area (Å²) in [7, 11) is 1.60. The molecule has 1 unspecified atom stereocenters. The van der Waals surface area contributed by atoms with Gasteiger partial charge in [0.1, 0.15) is 23.3 Å². The van der Waals surface area contributed by atoms with Crippen LogP contribution in [0.1, 0.15) is 29.3 Å². The average Bonchev–Trinajstić information content (AvgIpc) is 3.63. The fourth-order valence-corrected chi connectivity index (χ4v) is 5.39. The number of aromatic nitrogens is 1. The van der Waals surface area contributed by atoms with Crippen LogP contribution in [0.25, 0.3) is 10.9 Å². The highest BCUT2D eigenvalue weighted by Gasteiger charge is 2.35. The van der Waals surface area contributed by atoms with Crippen LogP contribution in [-0.4, -0.2) is 60.7 Å². The first kappa shape index (κ1) is 26.0. The fraction of sp³-hybridized carbons (Fsp3) is 0.267. The molecular weight excluding hydrogens is 530 g/mol. The minimum absolute atomic E-state index is 0.367. The number of hydrogen-bond acceptors (Lipinski definition) is 7. The standard InChI is InChI=1S/C30H30ClN5O4/c1-38-22-8-10-24(11-9-22)40-30(37)35-17-13-25-26-19-21(31)5-12-27(26)34-28(25)29(35)20-3-6-23(7-4-20)39-18-2-16-36-32-14-15-33-36/h3-12,14,19,29,33-34H,2,13,15-18H2,1H3. The molecule has 2 N–H and O–H groups in total. The summed E-state index contributed by atoms with van der Waals surface area (Å²) in [4.78, 5) is 18.9. The first-order valence-electron chi connectivity index (χ1n) is 13.3. The molecule has 1 atom stereocenters. The van der Waals surface area contributed by atoms with Gasteiger partial charge in [-0.05, 0) is 72.1 Å². The number of aromatic amines is 1. The number of amides is 1. The van der Waals surface area contributed by atoms with Crippen LogP contribution < -0.4 is 19.6 Å². The van der Waals surface area contributed by atoms with E-state index in [1.807, 2.05) is 53.8 Å². The number of nitrogens with one attached hydrogen (secondary N) is 2. The largest absolute Gasteiger partial charge is 0.497 e. The number of carbonyl (C=O) groups excluding carboxylic acids is 1. The Labute approximate surface area is 237 Å². The van der Waals surface area contributed by atoms with Crippen LogP contribution in [0.15, 0.2) is 71.8 Å². The van der Waals surface area contributed by atoms with Crippen molar-refractivity contribution in [2.45, 2.75) is 18.9 Å². The second kappa shape index (κ2) is 11.5. The van der Waals surface area contributed by atoms with Gasteiger partial charge in [-0.2, -0.15) is 5.10 Å². The highest BCUT2D eigenvalue weighted by Crippen LogP contribution is 2.40. The number of ether oxygens (including phenoxy) is 3. The lowest BCUT2D eigenvalue weighted by atomic mass is 9.92. The van der Waals surface area contributed by atoms with E-state index in [4.69, 9.17) is 25.8 Å². The number of methoxy groups -OCH3 is 1. The lowest BCUT2D eigenvalue weighted by molar-refractivity contribution is 0.135. The minimum atomic E-state index is -0.420. The van der Waals surface area contributed by atoms with E-state index in [2.05, 4.69) is 15.5 Å². The summed E-state index contributed by atoms with van der Waals surface area (Å²) in [5.41, 5.74) is 7.21. The van der Waals surface area contributed by atoms with E-state index in [-0.39, 0.29) is 6.04 Å². The lowest BCUT2D eigenvalue weighted by Crippen LogP contribution is -2.42. The van der Waals surface area contributed by atoms with Crippen LogP contribution in [0, 0.1) is 0 Å². The van der Waals surface area contributed by atoms with Gasteiger partial charge in [0.05, 0.1) is 26.8 Å². The molecule has 40 heavy (non-hydrogen) atoms. The lowest BCUT2D eigenvalue weighted by Gasteiger charge is -2.35. The van der Waals surface area contributed by atoms with E-state index >= 15 is 0 Å². The van der Waals surface area contributed by atoms with E-state index in [0.717, 1.165) is 53.0 Å². The molecule has 3 heterocycles. The van der Waals surface area contributed by atoms with Gasteiger partial charge in [0.25, 0.3) is 0 Å². The fourth-order valence-electron chi connectivity index (χ4n) is 5.22. The van der Waals surface area contributed by atoms with Crippen LogP contribution in [0.3, 0.4) is 0 Å². The van der Waals surface area contributed by atoms with Crippen LogP contribution in [0.5, 0.6) is 17.2 Å². The van der Waals surface area contributed by atoms with Gasteiger partial charge in [-0.15, -0.1) is 0 Å². The normalized spacial score (nSPS) is 16.3. The van der Waals surface area contributed by atoms with E-state index in [9.17, 15) is 4.79 Å². The van der Waals surface area contributed by atoms with Crippen LogP contribution in [-0.2, 0) is 6.42 Å². The molecule has 9 nitrogen and oxygen atoms in total. The maximum absolute atomic E-state index is 13.5. The zero-order valence-electron chi connectivity index (χ0n) is 22.1. The Bertz CT molecular complexity index is 1520. The monoisotopic (exact) mass is 559 g/mol. The van der Waals surface area contributed by atoms with Crippen molar-refractivity contribution in [2.75, 3.05) is 33.4 Å². The summed E-state index contributed by atoms with van der Waals surface area (Å²) in [6.07, 6.45) is 2.94. The molecular formula is C30H30ClN5O4. The van der Waals surface area contributed by atoms with Crippen molar-refractivity contribution in [3.63, 3.8) is 0 Å². The summed E-state index contributed by atoms with van der Waals surface area (Å²) >= 11 is 6.33. The molecule has 0 saturated carbocycles. The van der Waals surface area contributed by atoms with E-state index in [1.165, 1.54) is 0 Å². The molecule has 2 aliphatic heterocycles. The minimum Gasteiger partial charge on any atom is -0.497 e. The second-order valence-electron chi connectivity index (χ2n) is 9.65. The molecule has 0 aliphatic carbocycles. The number of hydrazine groups is 1. The van der Waals surface area contributed by atoms with Gasteiger partial charge in [-0.25, -0.2) is 15.3 Å². The second-order valence-corrected chi connectivity index (χ2v) is 10.1. The van der Waals surface area contributed by atoms with Crippen LogP contribution in [0.2, 0.25) is 5.02 Å². The third-order valence-corrected chi connectivity index (χ3v) is 7.39. The Kier molecular flexibility index (Phi) is 7.48. The highest BCUT2D eigenvalue weighted by molar-refractivity contribution is 6.31. The average molecular weight is 560 g/mol. The highest BCUT2D eigenvalue weighted by atomic mass is 35.5. The molecule has 2 aliphatic rings. The Morgan fingerprint density at radius 1 is 1.05 bits per heavy atom. The molecule has 0 bridgehead atoms. The van der Waals surface area contributed by atoms with Gasteiger partial charge in [0.2, 0.25) is 0 Å². The molecule has 6 rings (SSSR count). The van der Waals surface area contributed by atoms with Crippen molar-refractivity contribution in [1.29, 1.82) is 0 Å². The summed E-state index contributed by atoms with van der Waals surface area (Å²) in [5.74, 6) is 1.92. The number of rotatable bonds is 8. The summed E-state index contributed by atoms with van der Waals surface area (Å²) in [5, 5.41) is 7.80. The Balaban J connectivity index is 1.24. The van der Waals surface area contributed by atoms with Crippen LogP contribution in [0.4, 0.5) is 4.79 Å². The number of hydrogen-bond donors (Lipinski definition) is 2. The Morgan fingerprint density at radius 3 is 2.58 bits per heavy atom. The van der Waals surface area contributed by atoms with Gasteiger partial charge < -0.3 is 19.2 Å². The molecule has 1 aromatic heterocycles. The van der Waals surface area contributed by atoms with E-state index < -0.39 is 6.09 Å².